The molecule has 1 N–H and O–H groups in total. The van der Waals surface area contributed by atoms with Crippen LogP contribution >= 0.6 is 59.4 Å². The molecule has 6 rings (SSSR count). The third-order valence-corrected chi connectivity index (χ3v) is 16.4. The highest BCUT2D eigenvalue weighted by Crippen LogP contribution is 2.25. The lowest BCUT2D eigenvalue weighted by molar-refractivity contribution is 0.0659. The summed E-state index contributed by atoms with van der Waals surface area (Å²) in [7, 11) is -3.07. The summed E-state index contributed by atoms with van der Waals surface area (Å²) in [5, 5.41) is 15.8. The number of benzene rings is 3. The van der Waals surface area contributed by atoms with Crippen LogP contribution in [-0.2, 0) is 27.7 Å². The number of aromatic amines is 1. The number of nitrogens with zero attached hydrogens (tertiary/aromatic N) is 8. The molecule has 0 amide bonds. The van der Waals surface area contributed by atoms with Gasteiger partial charge in [-0.15, -0.1) is 15.3 Å². The number of ether oxygens (including phenoxy) is 6. The van der Waals surface area contributed by atoms with E-state index in [2.05, 4.69) is 142 Å². The van der Waals surface area contributed by atoms with Crippen molar-refractivity contribution in [2.75, 3.05) is 25.9 Å². The highest BCUT2D eigenvalue weighted by molar-refractivity contribution is 9.11. The third kappa shape index (κ3) is 27.4. The van der Waals surface area contributed by atoms with Crippen molar-refractivity contribution >= 4 is 83.6 Å². The van der Waals surface area contributed by atoms with Crippen molar-refractivity contribution in [2.45, 2.75) is 150 Å². The first-order chi connectivity index (χ1) is 34.2. The quantitative estimate of drug-likeness (QED) is 0.0368. The van der Waals surface area contributed by atoms with Gasteiger partial charge in [0.2, 0.25) is 0 Å². The molecule has 0 unspecified atom stereocenters. The second-order valence-electron chi connectivity index (χ2n) is 21.4. The van der Waals surface area contributed by atoms with E-state index in [1.165, 1.54) is 6.04 Å². The van der Waals surface area contributed by atoms with E-state index in [1.807, 2.05) is 114 Å². The molecule has 6 aromatic rings. The van der Waals surface area contributed by atoms with Gasteiger partial charge in [-0.05, 0) is 96.1 Å². The van der Waals surface area contributed by atoms with Crippen molar-refractivity contribution in [3.05, 3.63) is 86.2 Å². The zero-order valence-electron chi connectivity index (χ0n) is 45.6. The Morgan fingerprint density at radius 2 is 0.932 bits per heavy atom. The Morgan fingerprint density at radius 3 is 1.38 bits per heavy atom. The molecular weight excluding hydrogens is 1190 g/mol. The van der Waals surface area contributed by atoms with Crippen LogP contribution in [0.15, 0.2) is 86.2 Å². The molecule has 0 aliphatic heterocycles. The zero-order valence-corrected chi connectivity index (χ0v) is 54.1. The van der Waals surface area contributed by atoms with E-state index < -0.39 is 24.2 Å². The van der Waals surface area contributed by atoms with E-state index in [1.54, 1.807) is 9.36 Å². The zero-order chi connectivity index (χ0) is 54.4. The molecular formula is C51H79Br3ClN9O6Si3. The van der Waals surface area contributed by atoms with E-state index in [4.69, 9.17) is 40.0 Å². The molecule has 0 atom stereocenters. The fraction of sp³-hybridized carbons (Fsp3) is 0.529. The second kappa shape index (κ2) is 31.7. The van der Waals surface area contributed by atoms with Crippen LogP contribution in [-0.4, -0.2) is 113 Å². The SMILES string of the molecule is CC(C)Oc1n[nH]c(-c2ccc(Br)cc2)n1.CC(C)Oc1nc(-c2ccc(Br)cc2)n(COCC[Si](C)(C)C)n1.CC(C)Oc1nc(-c2ccc(Br)cc2)nn1COCC[Si](C)(C)C.C[Si](C)(C)CCOCCl. The molecule has 3 heterocycles. The number of rotatable bonds is 23. The highest BCUT2D eigenvalue weighted by atomic mass is 79.9. The summed E-state index contributed by atoms with van der Waals surface area (Å²) in [4.78, 5) is 13.3. The molecule has 0 radical (unpaired) electrons. The average Bonchev–Trinajstić information content (AvgIpc) is 4.03. The average molecular weight is 1270 g/mol. The maximum absolute atomic E-state index is 5.83. The predicted molar refractivity (Wildman–Crippen MR) is 316 cm³/mol. The summed E-state index contributed by atoms with van der Waals surface area (Å²) >= 11 is 15.6. The minimum absolute atomic E-state index is 0.0337. The molecule has 3 aromatic carbocycles. The van der Waals surface area contributed by atoms with E-state index in [0.717, 1.165) is 67.8 Å². The maximum atomic E-state index is 5.83. The van der Waals surface area contributed by atoms with Crippen molar-refractivity contribution in [3.63, 3.8) is 0 Å². The van der Waals surface area contributed by atoms with Crippen molar-refractivity contribution in [2.24, 2.45) is 0 Å². The second-order valence-corrected chi connectivity index (χ2v) is 41.3. The van der Waals surface area contributed by atoms with Gasteiger partial charge in [0, 0.05) is 74.2 Å². The van der Waals surface area contributed by atoms with Crippen molar-refractivity contribution in [1.29, 1.82) is 0 Å². The number of alkyl halides is 1. The van der Waals surface area contributed by atoms with Crippen LogP contribution in [0.4, 0.5) is 0 Å². The monoisotopic (exact) mass is 1270 g/mol. The Hall–Kier alpha value is -3.26. The van der Waals surface area contributed by atoms with Crippen LogP contribution in [0.1, 0.15) is 41.5 Å². The first kappa shape index (κ1) is 64.0. The standard InChI is InChI=1S/2C17H26BrN3O2Si.C11H12BrN3O.C6H15ClOSi/c1-13(2)23-17-19-16(14-6-8-15(18)9-7-14)21(20-17)12-22-10-11-24(3,4)5;1-13(2)23-17-19-16(14-6-8-15(18)9-7-14)20-21(17)12-22-10-11-24(3,4)5;1-7(2)16-11-13-10(14-15-11)8-3-5-9(12)6-4-8;1-9(2,3)5-4-8-6-7/h2*6-9,13H,10-12H2,1-5H3;3-7H,1-2H3,(H,13,14,15);4-6H2,1-3H3. The molecule has 3 aromatic heterocycles. The van der Waals surface area contributed by atoms with E-state index >= 15 is 0 Å². The van der Waals surface area contributed by atoms with Crippen molar-refractivity contribution in [1.82, 2.24) is 44.7 Å². The molecule has 0 saturated carbocycles. The fourth-order valence-corrected chi connectivity index (χ4v) is 8.83. The molecule has 0 saturated heterocycles. The molecule has 0 fully saturated rings. The maximum Gasteiger partial charge on any atom is 0.336 e. The molecule has 73 heavy (non-hydrogen) atoms. The normalized spacial score (nSPS) is 11.7. The Bertz CT molecular complexity index is 2460. The number of aromatic nitrogens is 9. The van der Waals surface area contributed by atoms with E-state index in [9.17, 15) is 0 Å². The molecule has 0 bridgehead atoms. The lowest BCUT2D eigenvalue weighted by Crippen LogP contribution is -2.22. The molecule has 15 nitrogen and oxygen atoms in total. The molecule has 0 aliphatic carbocycles. The number of nitrogens with one attached hydrogen (secondary N) is 1. The van der Waals surface area contributed by atoms with Gasteiger partial charge in [0.15, 0.2) is 17.5 Å². The van der Waals surface area contributed by atoms with Crippen LogP contribution in [0.3, 0.4) is 0 Å². The number of hydrogen-bond acceptors (Lipinski definition) is 12. The fourth-order valence-electron chi connectivity index (χ4n) is 5.65. The minimum atomic E-state index is -1.10. The summed E-state index contributed by atoms with van der Waals surface area (Å²) in [5.41, 5.74) is 2.92. The molecule has 0 spiro atoms. The van der Waals surface area contributed by atoms with Gasteiger partial charge in [0.25, 0.3) is 0 Å². The van der Waals surface area contributed by atoms with Gasteiger partial charge in [-0.3, -0.25) is 5.10 Å². The number of halogens is 4. The summed E-state index contributed by atoms with van der Waals surface area (Å²) in [6.45, 7) is 35.8. The van der Waals surface area contributed by atoms with Crippen molar-refractivity contribution < 1.29 is 28.4 Å². The largest absolute Gasteiger partial charge is 0.461 e. The van der Waals surface area contributed by atoms with Gasteiger partial charge in [0.05, 0.1) is 18.3 Å². The smallest absolute Gasteiger partial charge is 0.336 e. The van der Waals surface area contributed by atoms with Crippen LogP contribution in [0, 0.1) is 0 Å². The Labute approximate surface area is 468 Å². The molecule has 0 aliphatic rings. The minimum Gasteiger partial charge on any atom is -0.461 e. The van der Waals surface area contributed by atoms with E-state index in [-0.39, 0.29) is 18.3 Å². The third-order valence-electron chi connectivity index (χ3n) is 9.59. The predicted octanol–water partition coefficient (Wildman–Crippen LogP) is 15.2. The lowest BCUT2D eigenvalue weighted by atomic mass is 10.2. The van der Waals surface area contributed by atoms with Gasteiger partial charge >= 0.3 is 18.0 Å². The van der Waals surface area contributed by atoms with Gasteiger partial charge < -0.3 is 28.4 Å². The van der Waals surface area contributed by atoms with Crippen LogP contribution < -0.4 is 14.2 Å². The topological polar surface area (TPSA) is 158 Å². The Kier molecular flexibility index (Phi) is 27.8. The Morgan fingerprint density at radius 1 is 0.507 bits per heavy atom. The first-order valence-corrected chi connectivity index (χ1v) is 38.6. The summed E-state index contributed by atoms with van der Waals surface area (Å²) in [6.07, 6.45) is 0.146. The van der Waals surface area contributed by atoms with Gasteiger partial charge in [-0.25, -0.2) is 4.68 Å². The Balaban J connectivity index is 0.000000271. The highest BCUT2D eigenvalue weighted by Gasteiger charge is 2.18. The molecule has 404 valence electrons. The molecule has 22 heteroatoms. The summed E-state index contributed by atoms with van der Waals surface area (Å²) in [5.74, 6) is 2.11. The van der Waals surface area contributed by atoms with Gasteiger partial charge in [0.1, 0.15) is 19.5 Å². The lowest BCUT2D eigenvalue weighted by Gasteiger charge is -2.15. The van der Waals surface area contributed by atoms with Crippen LogP contribution in [0.5, 0.6) is 18.0 Å². The van der Waals surface area contributed by atoms with Gasteiger partial charge in [-0.1, -0.05) is 155 Å². The summed E-state index contributed by atoms with van der Waals surface area (Å²) < 4.78 is 40.0. The van der Waals surface area contributed by atoms with Crippen LogP contribution in [0.25, 0.3) is 34.2 Å². The summed E-state index contributed by atoms with van der Waals surface area (Å²) in [6, 6.07) is 28.8. The van der Waals surface area contributed by atoms with Gasteiger partial charge in [-0.2, -0.15) is 19.6 Å². The van der Waals surface area contributed by atoms with Crippen LogP contribution in [0.2, 0.25) is 77.1 Å². The first-order valence-electron chi connectivity index (χ1n) is 24.6. The van der Waals surface area contributed by atoms with E-state index in [0.29, 0.717) is 49.2 Å². The number of H-pyrrole nitrogens is 1. The number of hydrogen-bond donors (Lipinski definition) is 1. The van der Waals surface area contributed by atoms with Crippen molar-refractivity contribution in [3.8, 4) is 52.2 Å².